The number of aromatic nitrogens is 2. The number of anilines is 2. The third-order valence-electron chi connectivity index (χ3n) is 6.56. The zero-order valence-corrected chi connectivity index (χ0v) is 18.7. The standard InChI is InChI=1S/C25H29N5O2/c1-17-6-7-18(2)22(16-17)29-12-14-30(15-13-29)25(31)26-21-10-8-19(9-11-21)23-27-24(32-28-23)20-4-3-5-20/h6-11,16,20H,3-5,12-15H2,1-2H3,(H,26,31). The summed E-state index contributed by atoms with van der Waals surface area (Å²) in [5, 5.41) is 7.12. The van der Waals surface area contributed by atoms with Gasteiger partial charge in [0.15, 0.2) is 0 Å². The Morgan fingerprint density at radius 3 is 2.47 bits per heavy atom. The van der Waals surface area contributed by atoms with Crippen molar-refractivity contribution in [3.8, 4) is 11.4 Å². The maximum Gasteiger partial charge on any atom is 0.321 e. The molecule has 166 valence electrons. The van der Waals surface area contributed by atoms with Crippen molar-refractivity contribution in [3.63, 3.8) is 0 Å². The number of benzene rings is 2. The minimum absolute atomic E-state index is 0.0646. The van der Waals surface area contributed by atoms with Crippen LogP contribution in [0.3, 0.4) is 0 Å². The summed E-state index contributed by atoms with van der Waals surface area (Å²) in [7, 11) is 0. The lowest BCUT2D eigenvalue weighted by Gasteiger charge is -2.36. The van der Waals surface area contributed by atoms with Crippen molar-refractivity contribution >= 4 is 17.4 Å². The molecule has 0 radical (unpaired) electrons. The van der Waals surface area contributed by atoms with E-state index in [9.17, 15) is 4.79 Å². The van der Waals surface area contributed by atoms with Crippen molar-refractivity contribution in [3.05, 3.63) is 59.5 Å². The van der Waals surface area contributed by atoms with Crippen molar-refractivity contribution in [2.45, 2.75) is 39.0 Å². The van der Waals surface area contributed by atoms with Crippen LogP contribution in [0.15, 0.2) is 47.0 Å². The zero-order chi connectivity index (χ0) is 22.1. The molecule has 2 heterocycles. The molecule has 3 aromatic rings. The number of amides is 2. The fraction of sp³-hybridized carbons (Fsp3) is 0.400. The average molecular weight is 432 g/mol. The highest BCUT2D eigenvalue weighted by Crippen LogP contribution is 2.36. The van der Waals surface area contributed by atoms with Gasteiger partial charge in [0.2, 0.25) is 11.7 Å². The molecule has 1 saturated carbocycles. The van der Waals surface area contributed by atoms with Crippen LogP contribution in [0.5, 0.6) is 0 Å². The molecule has 0 atom stereocenters. The minimum atomic E-state index is -0.0646. The van der Waals surface area contributed by atoms with Crippen LogP contribution < -0.4 is 10.2 Å². The van der Waals surface area contributed by atoms with Gasteiger partial charge in [-0.25, -0.2) is 4.79 Å². The Hall–Kier alpha value is -3.35. The third-order valence-corrected chi connectivity index (χ3v) is 6.56. The molecule has 2 aromatic carbocycles. The molecule has 1 aromatic heterocycles. The van der Waals surface area contributed by atoms with Crippen molar-refractivity contribution in [1.82, 2.24) is 15.0 Å². The maximum absolute atomic E-state index is 12.8. The number of hydrogen-bond acceptors (Lipinski definition) is 5. The van der Waals surface area contributed by atoms with Gasteiger partial charge in [-0.3, -0.25) is 0 Å². The van der Waals surface area contributed by atoms with Crippen molar-refractivity contribution in [1.29, 1.82) is 0 Å². The van der Waals surface area contributed by atoms with Crippen LogP contribution in [-0.4, -0.2) is 47.3 Å². The van der Waals surface area contributed by atoms with Gasteiger partial charge in [-0.1, -0.05) is 23.7 Å². The molecule has 2 aliphatic rings. The summed E-state index contributed by atoms with van der Waals surface area (Å²) >= 11 is 0. The predicted octanol–water partition coefficient (Wildman–Crippen LogP) is 4.98. The molecule has 32 heavy (non-hydrogen) atoms. The first-order valence-corrected chi connectivity index (χ1v) is 11.4. The highest BCUT2D eigenvalue weighted by molar-refractivity contribution is 5.89. The van der Waals surface area contributed by atoms with Crippen LogP contribution >= 0.6 is 0 Å². The summed E-state index contributed by atoms with van der Waals surface area (Å²) in [6.07, 6.45) is 3.49. The van der Waals surface area contributed by atoms with Gasteiger partial charge in [0.1, 0.15) is 0 Å². The zero-order valence-electron chi connectivity index (χ0n) is 18.7. The van der Waals surface area contributed by atoms with Gasteiger partial charge in [-0.15, -0.1) is 0 Å². The topological polar surface area (TPSA) is 74.5 Å². The lowest BCUT2D eigenvalue weighted by atomic mass is 9.85. The molecule has 0 unspecified atom stereocenters. The second-order valence-electron chi connectivity index (χ2n) is 8.86. The summed E-state index contributed by atoms with van der Waals surface area (Å²) in [4.78, 5) is 21.5. The Morgan fingerprint density at radius 2 is 1.78 bits per heavy atom. The number of piperazine rings is 1. The van der Waals surface area contributed by atoms with Crippen LogP contribution in [0.25, 0.3) is 11.4 Å². The van der Waals surface area contributed by atoms with Crippen LogP contribution in [0.4, 0.5) is 16.2 Å². The Kier molecular flexibility index (Phi) is 5.55. The van der Waals surface area contributed by atoms with Gasteiger partial charge < -0.3 is 19.6 Å². The molecule has 5 rings (SSSR count). The van der Waals surface area contributed by atoms with Crippen LogP contribution in [-0.2, 0) is 0 Å². The van der Waals surface area contributed by atoms with Crippen LogP contribution in [0.1, 0.15) is 42.2 Å². The number of carbonyl (C=O) groups excluding carboxylic acids is 1. The lowest BCUT2D eigenvalue weighted by molar-refractivity contribution is 0.208. The molecule has 2 fully saturated rings. The number of nitrogens with zero attached hydrogens (tertiary/aromatic N) is 4. The number of hydrogen-bond donors (Lipinski definition) is 1. The largest absolute Gasteiger partial charge is 0.368 e. The third kappa shape index (κ3) is 4.20. The summed E-state index contributed by atoms with van der Waals surface area (Å²) in [6.45, 7) is 7.31. The van der Waals surface area contributed by atoms with E-state index in [0.29, 0.717) is 24.8 Å². The smallest absolute Gasteiger partial charge is 0.321 e. The Morgan fingerprint density at radius 1 is 1.03 bits per heavy atom. The molecule has 1 aliphatic carbocycles. The highest BCUT2D eigenvalue weighted by atomic mass is 16.5. The quantitative estimate of drug-likeness (QED) is 0.631. The molecular weight excluding hydrogens is 402 g/mol. The number of aryl methyl sites for hydroxylation is 2. The van der Waals surface area contributed by atoms with Gasteiger partial charge in [0, 0.05) is 49.0 Å². The number of rotatable bonds is 4. The molecule has 7 heteroatoms. The van der Waals surface area contributed by atoms with Gasteiger partial charge >= 0.3 is 6.03 Å². The van der Waals surface area contributed by atoms with Crippen molar-refractivity contribution in [2.24, 2.45) is 0 Å². The Labute approximate surface area is 188 Å². The summed E-state index contributed by atoms with van der Waals surface area (Å²) in [5.41, 5.74) is 5.45. The Bertz CT molecular complexity index is 1100. The van der Waals surface area contributed by atoms with E-state index in [4.69, 9.17) is 4.52 Å². The second-order valence-corrected chi connectivity index (χ2v) is 8.86. The average Bonchev–Trinajstić information content (AvgIpc) is 3.24. The van der Waals surface area contributed by atoms with Crippen LogP contribution in [0.2, 0.25) is 0 Å². The summed E-state index contributed by atoms with van der Waals surface area (Å²) in [5.74, 6) is 1.76. The van der Waals surface area contributed by atoms with E-state index in [2.05, 4.69) is 52.4 Å². The molecule has 7 nitrogen and oxygen atoms in total. The van der Waals surface area contributed by atoms with E-state index in [0.717, 1.165) is 43.1 Å². The molecule has 1 aliphatic heterocycles. The monoisotopic (exact) mass is 431 g/mol. The Balaban J connectivity index is 1.17. The molecule has 2 amide bonds. The van der Waals surface area contributed by atoms with E-state index in [-0.39, 0.29) is 6.03 Å². The van der Waals surface area contributed by atoms with E-state index in [1.807, 2.05) is 29.2 Å². The summed E-state index contributed by atoms with van der Waals surface area (Å²) in [6, 6.07) is 14.1. The lowest BCUT2D eigenvalue weighted by Crippen LogP contribution is -2.50. The summed E-state index contributed by atoms with van der Waals surface area (Å²) < 4.78 is 5.41. The van der Waals surface area contributed by atoms with Crippen molar-refractivity contribution in [2.75, 3.05) is 36.4 Å². The van der Waals surface area contributed by atoms with Crippen LogP contribution in [0, 0.1) is 13.8 Å². The van der Waals surface area contributed by atoms with E-state index in [1.54, 1.807) is 0 Å². The van der Waals surface area contributed by atoms with Gasteiger partial charge in [-0.2, -0.15) is 4.98 Å². The van der Waals surface area contributed by atoms with E-state index in [1.165, 1.54) is 23.2 Å². The molecule has 0 spiro atoms. The first-order chi connectivity index (χ1) is 15.6. The normalized spacial score (nSPS) is 16.7. The molecular formula is C25H29N5O2. The van der Waals surface area contributed by atoms with Crippen molar-refractivity contribution < 1.29 is 9.32 Å². The molecule has 1 saturated heterocycles. The number of carbonyl (C=O) groups is 1. The predicted molar refractivity (Wildman–Crippen MR) is 125 cm³/mol. The molecule has 1 N–H and O–H groups in total. The number of urea groups is 1. The number of nitrogens with one attached hydrogen (secondary N) is 1. The first-order valence-electron chi connectivity index (χ1n) is 11.4. The SMILES string of the molecule is Cc1ccc(C)c(N2CCN(C(=O)Nc3ccc(-c4noc(C5CCC5)n4)cc3)CC2)c1. The van der Waals surface area contributed by atoms with Gasteiger partial charge in [0.05, 0.1) is 0 Å². The van der Waals surface area contributed by atoms with E-state index < -0.39 is 0 Å². The minimum Gasteiger partial charge on any atom is -0.368 e. The fourth-order valence-corrected chi connectivity index (χ4v) is 4.29. The van der Waals surface area contributed by atoms with E-state index >= 15 is 0 Å². The first kappa shape index (κ1) is 20.5. The van der Waals surface area contributed by atoms with Gasteiger partial charge in [0.25, 0.3) is 0 Å². The maximum atomic E-state index is 12.8. The highest BCUT2D eigenvalue weighted by Gasteiger charge is 2.26. The molecule has 0 bridgehead atoms. The van der Waals surface area contributed by atoms with Gasteiger partial charge in [-0.05, 0) is 68.1 Å². The second kappa shape index (κ2) is 8.65. The fourth-order valence-electron chi connectivity index (χ4n) is 4.29.